The number of aromatic nitrogens is 2. The zero-order valence-corrected chi connectivity index (χ0v) is 20.3. The Bertz CT molecular complexity index is 1330. The van der Waals surface area contributed by atoms with Gasteiger partial charge in [-0.25, -0.2) is 9.78 Å². The van der Waals surface area contributed by atoms with Crippen molar-refractivity contribution in [2.75, 3.05) is 11.9 Å². The van der Waals surface area contributed by atoms with E-state index >= 15 is 0 Å². The number of rotatable bonds is 7. The summed E-state index contributed by atoms with van der Waals surface area (Å²) >= 11 is 12.5. The molecule has 0 saturated heterocycles. The predicted octanol–water partition coefficient (Wildman–Crippen LogP) is 6.80. The second-order valence-electron chi connectivity index (χ2n) is 7.92. The lowest BCUT2D eigenvalue weighted by Gasteiger charge is -2.12. The van der Waals surface area contributed by atoms with Gasteiger partial charge in [-0.3, -0.25) is 0 Å². The van der Waals surface area contributed by atoms with E-state index in [1.54, 1.807) is 25.1 Å². The molecule has 4 aromatic rings. The summed E-state index contributed by atoms with van der Waals surface area (Å²) in [7, 11) is 0. The van der Waals surface area contributed by atoms with Gasteiger partial charge >= 0.3 is 5.97 Å². The first-order chi connectivity index (χ1) is 15.9. The van der Waals surface area contributed by atoms with Crippen molar-refractivity contribution >= 4 is 45.9 Å². The first kappa shape index (κ1) is 23.1. The number of aryl methyl sites for hydroxylation is 2. The van der Waals surface area contributed by atoms with Crippen LogP contribution in [-0.2, 0) is 17.8 Å². The molecule has 0 aliphatic heterocycles. The van der Waals surface area contributed by atoms with E-state index in [4.69, 9.17) is 32.9 Å². The normalized spacial score (nSPS) is 11.1. The van der Waals surface area contributed by atoms with E-state index in [0.29, 0.717) is 35.3 Å². The Morgan fingerprint density at radius 1 is 1.09 bits per heavy atom. The molecule has 0 unspecified atom stereocenters. The number of nitrogens with zero attached hydrogens (tertiary/aromatic N) is 2. The summed E-state index contributed by atoms with van der Waals surface area (Å²) in [6, 6.07) is 17.2. The van der Waals surface area contributed by atoms with Crippen LogP contribution in [-0.4, -0.2) is 22.1 Å². The van der Waals surface area contributed by atoms with Gasteiger partial charge in [-0.2, -0.15) is 0 Å². The van der Waals surface area contributed by atoms with E-state index in [2.05, 4.69) is 28.9 Å². The number of ether oxygens (including phenoxy) is 1. The molecule has 1 N–H and O–H groups in total. The molecule has 1 aromatic heterocycles. The summed E-state index contributed by atoms with van der Waals surface area (Å²) in [5, 5.41) is 4.66. The van der Waals surface area contributed by atoms with Crippen molar-refractivity contribution in [3.05, 3.63) is 92.7 Å². The molecule has 0 aliphatic carbocycles. The number of carbonyl (C=O) groups is 1. The van der Waals surface area contributed by atoms with Crippen LogP contribution in [0.4, 0.5) is 5.69 Å². The Hall–Kier alpha value is -3.02. The molecule has 7 heteroatoms. The minimum Gasteiger partial charge on any atom is -0.462 e. The number of nitrogens with one attached hydrogen (secondary N) is 1. The number of hydrogen-bond acceptors (Lipinski definition) is 4. The maximum atomic E-state index is 12.0. The molecule has 33 heavy (non-hydrogen) atoms. The highest BCUT2D eigenvalue weighted by molar-refractivity contribution is 6.35. The average Bonchev–Trinajstić information content (AvgIpc) is 3.10. The summed E-state index contributed by atoms with van der Waals surface area (Å²) < 4.78 is 7.26. The Labute approximate surface area is 203 Å². The standard InChI is InChI=1S/C26H25Cl2N3O2/c1-4-33-26(32)19-6-5-7-22(12-19)29-14-18-10-16(2)25-24(11-18)31(17(3)30-25)15-20-8-9-21(27)13-23(20)28/h5-13,29H,4,14-15H2,1-3H3. The number of anilines is 1. The van der Waals surface area contributed by atoms with E-state index in [0.717, 1.165) is 39.2 Å². The zero-order chi connectivity index (χ0) is 23.5. The highest BCUT2D eigenvalue weighted by Gasteiger charge is 2.13. The second kappa shape index (κ2) is 9.86. The lowest BCUT2D eigenvalue weighted by molar-refractivity contribution is 0.0526. The van der Waals surface area contributed by atoms with Gasteiger partial charge in [0.25, 0.3) is 0 Å². The van der Waals surface area contributed by atoms with E-state index in [9.17, 15) is 4.79 Å². The van der Waals surface area contributed by atoms with Crippen LogP contribution in [0, 0.1) is 13.8 Å². The average molecular weight is 482 g/mol. The SMILES string of the molecule is CCOC(=O)c1cccc(NCc2cc(C)c3nc(C)n(Cc4ccc(Cl)cc4Cl)c3c2)c1. The molecule has 3 aromatic carbocycles. The van der Waals surface area contributed by atoms with Gasteiger partial charge in [0.1, 0.15) is 5.82 Å². The van der Waals surface area contributed by atoms with Crippen molar-refractivity contribution in [1.82, 2.24) is 9.55 Å². The number of hydrogen-bond donors (Lipinski definition) is 1. The van der Waals surface area contributed by atoms with Gasteiger partial charge in [0.05, 0.1) is 29.7 Å². The molecule has 0 fully saturated rings. The molecule has 0 saturated carbocycles. The summed E-state index contributed by atoms with van der Waals surface area (Å²) in [6.07, 6.45) is 0. The third kappa shape index (κ3) is 5.15. The Kier molecular flexibility index (Phi) is 6.91. The molecule has 0 atom stereocenters. The van der Waals surface area contributed by atoms with E-state index in [1.165, 1.54) is 0 Å². The lowest BCUT2D eigenvalue weighted by Crippen LogP contribution is -2.06. The monoisotopic (exact) mass is 481 g/mol. The van der Waals surface area contributed by atoms with Crippen LogP contribution in [0.2, 0.25) is 10.0 Å². The van der Waals surface area contributed by atoms with Crippen LogP contribution in [0.25, 0.3) is 11.0 Å². The van der Waals surface area contributed by atoms with Crippen LogP contribution in [0.3, 0.4) is 0 Å². The van der Waals surface area contributed by atoms with Crippen molar-refractivity contribution in [2.45, 2.75) is 33.9 Å². The van der Waals surface area contributed by atoms with Crippen molar-refractivity contribution in [1.29, 1.82) is 0 Å². The zero-order valence-electron chi connectivity index (χ0n) is 18.8. The van der Waals surface area contributed by atoms with E-state index < -0.39 is 0 Å². The molecule has 0 spiro atoms. The predicted molar refractivity (Wildman–Crippen MR) is 134 cm³/mol. The maximum absolute atomic E-state index is 12.0. The van der Waals surface area contributed by atoms with Gasteiger partial charge in [0.2, 0.25) is 0 Å². The summed E-state index contributed by atoms with van der Waals surface area (Å²) in [5.41, 5.74) is 6.62. The highest BCUT2D eigenvalue weighted by Crippen LogP contribution is 2.27. The van der Waals surface area contributed by atoms with Gasteiger partial charge in [0.15, 0.2) is 0 Å². The lowest BCUT2D eigenvalue weighted by atomic mass is 10.1. The van der Waals surface area contributed by atoms with Gasteiger partial charge in [-0.1, -0.05) is 41.4 Å². The number of esters is 1. The summed E-state index contributed by atoms with van der Waals surface area (Å²) in [6.45, 7) is 7.43. The Balaban J connectivity index is 1.60. The van der Waals surface area contributed by atoms with E-state index in [-0.39, 0.29) is 5.97 Å². The number of carbonyl (C=O) groups excluding carboxylic acids is 1. The fraction of sp³-hybridized carbons (Fsp3) is 0.231. The molecular formula is C26H25Cl2N3O2. The van der Waals surface area contributed by atoms with Crippen LogP contribution in [0.5, 0.6) is 0 Å². The quantitative estimate of drug-likeness (QED) is 0.295. The number of halogens is 2. The molecule has 1 heterocycles. The van der Waals surface area contributed by atoms with E-state index in [1.807, 2.05) is 31.2 Å². The second-order valence-corrected chi connectivity index (χ2v) is 8.76. The molecule has 0 amide bonds. The van der Waals surface area contributed by atoms with Crippen molar-refractivity contribution in [3.8, 4) is 0 Å². The fourth-order valence-electron chi connectivity index (χ4n) is 3.88. The third-order valence-corrected chi connectivity index (χ3v) is 6.10. The molecule has 0 bridgehead atoms. The largest absolute Gasteiger partial charge is 0.462 e. The topological polar surface area (TPSA) is 56.1 Å². The molecule has 0 radical (unpaired) electrons. The smallest absolute Gasteiger partial charge is 0.338 e. The maximum Gasteiger partial charge on any atom is 0.338 e. The number of benzene rings is 3. The van der Waals surface area contributed by atoms with Crippen molar-refractivity contribution < 1.29 is 9.53 Å². The van der Waals surface area contributed by atoms with Gasteiger partial charge in [0, 0.05) is 22.3 Å². The summed E-state index contributed by atoms with van der Waals surface area (Å²) in [5.74, 6) is 0.602. The Morgan fingerprint density at radius 2 is 1.91 bits per heavy atom. The molecular weight excluding hydrogens is 457 g/mol. The first-order valence-corrected chi connectivity index (χ1v) is 11.5. The summed E-state index contributed by atoms with van der Waals surface area (Å²) in [4.78, 5) is 16.8. The molecule has 170 valence electrons. The third-order valence-electron chi connectivity index (χ3n) is 5.51. The minimum absolute atomic E-state index is 0.321. The van der Waals surface area contributed by atoms with Crippen molar-refractivity contribution in [3.63, 3.8) is 0 Å². The van der Waals surface area contributed by atoms with Crippen molar-refractivity contribution in [2.24, 2.45) is 0 Å². The van der Waals surface area contributed by atoms with Crippen LogP contribution < -0.4 is 5.32 Å². The van der Waals surface area contributed by atoms with Crippen LogP contribution >= 0.6 is 23.2 Å². The molecule has 4 rings (SSSR count). The van der Waals surface area contributed by atoms with Crippen LogP contribution in [0.15, 0.2) is 54.6 Å². The molecule has 5 nitrogen and oxygen atoms in total. The number of fused-ring (bicyclic) bond motifs is 1. The number of imidazole rings is 1. The van der Waals surface area contributed by atoms with Gasteiger partial charge in [-0.15, -0.1) is 0 Å². The minimum atomic E-state index is -0.321. The van der Waals surface area contributed by atoms with Gasteiger partial charge < -0.3 is 14.6 Å². The van der Waals surface area contributed by atoms with Crippen LogP contribution in [0.1, 0.15) is 39.8 Å². The molecule has 0 aliphatic rings. The van der Waals surface area contributed by atoms with Gasteiger partial charge in [-0.05, 0) is 73.9 Å². The Morgan fingerprint density at radius 3 is 2.67 bits per heavy atom. The fourth-order valence-corrected chi connectivity index (χ4v) is 4.35. The first-order valence-electron chi connectivity index (χ1n) is 10.8. The highest BCUT2D eigenvalue weighted by atomic mass is 35.5.